The topological polar surface area (TPSA) is 77.1 Å². The molecule has 3 aromatic rings. The number of hydrogen-bond donors (Lipinski definition) is 0. The minimum Gasteiger partial charge on any atom is -0.358 e. The number of halogens is 4. The number of aromatic nitrogens is 3. The summed E-state index contributed by atoms with van der Waals surface area (Å²) in [7, 11) is 0. The molecule has 4 rings (SSSR count). The quantitative estimate of drug-likeness (QED) is 0.296. The molecule has 0 amide bonds. The second-order valence-electron chi connectivity index (χ2n) is 7.51. The van der Waals surface area contributed by atoms with Gasteiger partial charge in [0.1, 0.15) is 11.2 Å². The summed E-state index contributed by atoms with van der Waals surface area (Å²) in [4.78, 5) is 21.7. The van der Waals surface area contributed by atoms with Crippen molar-refractivity contribution in [2.24, 2.45) is 5.92 Å². The maximum atomic E-state index is 13.6. The fourth-order valence-electron chi connectivity index (χ4n) is 3.64. The molecular weight excluding hydrogens is 455 g/mol. The van der Waals surface area contributed by atoms with E-state index in [0.717, 1.165) is 35.8 Å². The summed E-state index contributed by atoms with van der Waals surface area (Å²) in [5, 5.41) is 11.4. The van der Waals surface area contributed by atoms with E-state index >= 15 is 0 Å². The number of hydrogen-bond acceptors (Lipinski definition) is 6. The van der Waals surface area contributed by atoms with Crippen LogP contribution in [0.2, 0.25) is 5.28 Å². The Kier molecular flexibility index (Phi) is 6.00. The van der Waals surface area contributed by atoms with Gasteiger partial charge in [0.15, 0.2) is 17.5 Å². The van der Waals surface area contributed by atoms with Gasteiger partial charge >= 0.3 is 11.1 Å². The van der Waals surface area contributed by atoms with Crippen molar-refractivity contribution < 1.29 is 18.1 Å². The van der Waals surface area contributed by atoms with Crippen molar-refractivity contribution in [1.29, 1.82) is 0 Å². The standard InChI is InChI=1S/C19H17ClF3N5O2S/c1-10(7-27-9-16(28(29)30)25-19(27)20)6-26-3-2-14-15(8-26)31-18(24-14)11-4-12(21)17(23)13(22)5-11/h4-5,9-10H,2-3,6-8H2,1H3. The Morgan fingerprint density at radius 1 is 1.26 bits per heavy atom. The molecule has 12 heteroatoms. The van der Waals surface area contributed by atoms with Gasteiger partial charge in [-0.25, -0.2) is 18.2 Å². The van der Waals surface area contributed by atoms with Crippen LogP contribution in [0.15, 0.2) is 18.3 Å². The van der Waals surface area contributed by atoms with E-state index < -0.39 is 22.4 Å². The first-order valence-corrected chi connectivity index (χ1v) is 10.6. The molecule has 0 fully saturated rings. The number of nitro groups is 1. The molecule has 0 aliphatic carbocycles. The molecule has 0 N–H and O–H groups in total. The number of imidazole rings is 1. The summed E-state index contributed by atoms with van der Waals surface area (Å²) in [6.07, 6.45) is 2.01. The molecule has 1 aliphatic heterocycles. The van der Waals surface area contributed by atoms with Crippen LogP contribution in [-0.4, -0.2) is 37.4 Å². The van der Waals surface area contributed by atoms with Crippen molar-refractivity contribution in [1.82, 2.24) is 19.4 Å². The lowest BCUT2D eigenvalue weighted by atomic mass is 10.1. The zero-order valence-corrected chi connectivity index (χ0v) is 17.9. The Morgan fingerprint density at radius 2 is 1.97 bits per heavy atom. The average molecular weight is 472 g/mol. The molecule has 1 atom stereocenters. The van der Waals surface area contributed by atoms with Crippen LogP contribution in [0, 0.1) is 33.5 Å². The second-order valence-corrected chi connectivity index (χ2v) is 8.93. The van der Waals surface area contributed by atoms with E-state index in [4.69, 9.17) is 11.6 Å². The van der Waals surface area contributed by atoms with E-state index in [9.17, 15) is 23.3 Å². The molecule has 1 aliphatic rings. The molecular formula is C19H17ClF3N5O2S. The fraction of sp³-hybridized carbons (Fsp3) is 0.368. The predicted molar refractivity (Wildman–Crippen MR) is 109 cm³/mol. The number of fused-ring (bicyclic) bond motifs is 1. The highest BCUT2D eigenvalue weighted by Gasteiger charge is 2.24. The molecule has 3 heterocycles. The molecule has 2 aromatic heterocycles. The first-order chi connectivity index (χ1) is 14.7. The van der Waals surface area contributed by atoms with Crippen LogP contribution < -0.4 is 0 Å². The van der Waals surface area contributed by atoms with Crippen molar-refractivity contribution in [2.75, 3.05) is 13.1 Å². The highest BCUT2D eigenvalue weighted by atomic mass is 35.5. The van der Waals surface area contributed by atoms with E-state index in [0.29, 0.717) is 24.5 Å². The lowest BCUT2D eigenvalue weighted by Crippen LogP contribution is -2.34. The van der Waals surface area contributed by atoms with Crippen LogP contribution in [0.3, 0.4) is 0 Å². The first kappa shape index (κ1) is 21.7. The highest BCUT2D eigenvalue weighted by Crippen LogP contribution is 2.33. The Hall–Kier alpha value is -2.50. The van der Waals surface area contributed by atoms with Crippen molar-refractivity contribution in [3.05, 3.63) is 61.8 Å². The summed E-state index contributed by atoms with van der Waals surface area (Å²) < 4.78 is 41.9. The molecule has 0 saturated heterocycles. The summed E-state index contributed by atoms with van der Waals surface area (Å²) >= 11 is 7.32. The van der Waals surface area contributed by atoms with Crippen LogP contribution in [0.4, 0.5) is 19.0 Å². The first-order valence-electron chi connectivity index (χ1n) is 9.44. The summed E-state index contributed by atoms with van der Waals surface area (Å²) in [5.74, 6) is -4.12. The SMILES string of the molecule is CC(CN1CCc2nc(-c3cc(F)c(F)c(F)c3)sc2C1)Cn1cc([N+](=O)[O-])nc1Cl. The van der Waals surface area contributed by atoms with Gasteiger partial charge in [0, 0.05) is 43.0 Å². The van der Waals surface area contributed by atoms with E-state index in [1.807, 2.05) is 6.92 Å². The van der Waals surface area contributed by atoms with Gasteiger partial charge in [-0.05, 0) is 39.6 Å². The average Bonchev–Trinajstić information content (AvgIpc) is 3.29. The molecule has 0 spiro atoms. The van der Waals surface area contributed by atoms with Gasteiger partial charge in [0.05, 0.1) is 5.69 Å². The number of nitrogens with zero attached hydrogens (tertiary/aromatic N) is 5. The van der Waals surface area contributed by atoms with Crippen LogP contribution in [0.5, 0.6) is 0 Å². The normalized spacial score (nSPS) is 15.1. The van der Waals surface area contributed by atoms with E-state index in [1.54, 1.807) is 4.57 Å². The summed E-state index contributed by atoms with van der Waals surface area (Å²) in [6.45, 7) is 4.59. The van der Waals surface area contributed by atoms with Gasteiger partial charge in [0.2, 0.25) is 0 Å². The highest BCUT2D eigenvalue weighted by molar-refractivity contribution is 7.15. The van der Waals surface area contributed by atoms with Gasteiger partial charge in [-0.3, -0.25) is 9.47 Å². The Morgan fingerprint density at radius 3 is 2.61 bits per heavy atom. The van der Waals surface area contributed by atoms with Gasteiger partial charge in [-0.1, -0.05) is 6.92 Å². The van der Waals surface area contributed by atoms with Gasteiger partial charge in [-0.2, -0.15) is 0 Å². The lowest BCUT2D eigenvalue weighted by Gasteiger charge is -2.28. The Bertz CT molecular complexity index is 1130. The Balaban J connectivity index is 1.43. The van der Waals surface area contributed by atoms with Crippen molar-refractivity contribution in [3.8, 4) is 10.6 Å². The molecule has 0 saturated carbocycles. The largest absolute Gasteiger partial charge is 0.383 e. The third-order valence-electron chi connectivity index (χ3n) is 5.02. The third-order valence-corrected chi connectivity index (χ3v) is 6.45. The van der Waals surface area contributed by atoms with Crippen molar-refractivity contribution in [3.63, 3.8) is 0 Å². The van der Waals surface area contributed by atoms with E-state index in [2.05, 4.69) is 14.9 Å². The van der Waals surface area contributed by atoms with E-state index in [-0.39, 0.29) is 22.6 Å². The zero-order chi connectivity index (χ0) is 22.3. The summed E-state index contributed by atoms with van der Waals surface area (Å²) in [5.41, 5.74) is 1.09. The van der Waals surface area contributed by atoms with Crippen molar-refractivity contribution in [2.45, 2.75) is 26.4 Å². The van der Waals surface area contributed by atoms with Crippen LogP contribution >= 0.6 is 22.9 Å². The van der Waals surface area contributed by atoms with Gasteiger partial charge in [0.25, 0.3) is 0 Å². The molecule has 164 valence electrons. The van der Waals surface area contributed by atoms with Crippen LogP contribution in [-0.2, 0) is 19.5 Å². The predicted octanol–water partition coefficient (Wildman–Crippen LogP) is 4.68. The number of benzene rings is 1. The number of thiazole rings is 1. The molecule has 0 bridgehead atoms. The van der Waals surface area contributed by atoms with Gasteiger partial charge < -0.3 is 10.1 Å². The molecule has 7 nitrogen and oxygen atoms in total. The van der Waals surface area contributed by atoms with Crippen molar-refractivity contribution >= 4 is 28.8 Å². The second kappa shape index (κ2) is 8.56. The van der Waals surface area contributed by atoms with Crippen LogP contribution in [0.1, 0.15) is 17.5 Å². The maximum Gasteiger partial charge on any atom is 0.383 e. The smallest absolute Gasteiger partial charge is 0.358 e. The minimum atomic E-state index is -1.49. The fourth-order valence-corrected chi connectivity index (χ4v) is 4.98. The molecule has 31 heavy (non-hydrogen) atoms. The molecule has 0 radical (unpaired) electrons. The minimum absolute atomic E-state index is 0.0744. The lowest BCUT2D eigenvalue weighted by molar-refractivity contribution is -0.389. The molecule has 1 unspecified atom stereocenters. The Labute approximate surface area is 184 Å². The molecule has 1 aromatic carbocycles. The monoisotopic (exact) mass is 471 g/mol. The zero-order valence-electron chi connectivity index (χ0n) is 16.3. The maximum absolute atomic E-state index is 13.6. The third kappa shape index (κ3) is 4.58. The van der Waals surface area contributed by atoms with E-state index in [1.165, 1.54) is 17.5 Å². The van der Waals surface area contributed by atoms with Crippen LogP contribution in [0.25, 0.3) is 10.6 Å². The number of rotatable bonds is 6. The summed E-state index contributed by atoms with van der Waals surface area (Å²) in [6, 6.07) is 1.91. The van der Waals surface area contributed by atoms with Gasteiger partial charge in [-0.15, -0.1) is 11.3 Å².